The summed E-state index contributed by atoms with van der Waals surface area (Å²) in [6.45, 7) is 1.95. The Kier molecular flexibility index (Phi) is 2.80. The normalized spacial score (nSPS) is 9.50. The number of rotatable bonds is 2. The smallest absolute Gasteiger partial charge is 0.225 e. The van der Waals surface area contributed by atoms with Crippen LogP contribution in [0.2, 0.25) is 0 Å². The number of carbonyl (C=O) groups is 1. The minimum atomic E-state index is -0.00296. The Morgan fingerprint density at radius 3 is 3.00 bits per heavy atom. The van der Waals surface area contributed by atoms with Gasteiger partial charge in [-0.1, -0.05) is 6.07 Å². The number of pyridine rings is 1. The van der Waals surface area contributed by atoms with Gasteiger partial charge < -0.3 is 5.32 Å². The van der Waals surface area contributed by atoms with Crippen molar-refractivity contribution in [2.75, 3.05) is 7.05 Å². The zero-order chi connectivity index (χ0) is 8.97. The molecule has 0 aromatic carbocycles. The molecule has 0 fully saturated rings. The van der Waals surface area contributed by atoms with Gasteiger partial charge in [0, 0.05) is 13.2 Å². The summed E-state index contributed by atoms with van der Waals surface area (Å²) in [6.07, 6.45) is 2.06. The summed E-state index contributed by atoms with van der Waals surface area (Å²) in [7, 11) is 1.63. The van der Waals surface area contributed by atoms with E-state index in [0.29, 0.717) is 6.42 Å². The number of hydrogen-bond acceptors (Lipinski definition) is 2. The molecule has 1 aromatic rings. The zero-order valence-electron chi connectivity index (χ0n) is 7.29. The highest BCUT2D eigenvalue weighted by molar-refractivity contribution is 5.78. The van der Waals surface area contributed by atoms with Crippen LogP contribution >= 0.6 is 0 Å². The topological polar surface area (TPSA) is 42.0 Å². The van der Waals surface area contributed by atoms with Crippen molar-refractivity contribution in [3.63, 3.8) is 0 Å². The third-order valence-corrected chi connectivity index (χ3v) is 1.72. The van der Waals surface area contributed by atoms with Crippen molar-refractivity contribution in [1.82, 2.24) is 10.3 Å². The van der Waals surface area contributed by atoms with Gasteiger partial charge in [-0.3, -0.25) is 9.78 Å². The van der Waals surface area contributed by atoms with Crippen LogP contribution in [0.1, 0.15) is 11.3 Å². The lowest BCUT2D eigenvalue weighted by molar-refractivity contribution is -0.120. The fraction of sp³-hybridized carbons (Fsp3) is 0.333. The molecule has 12 heavy (non-hydrogen) atoms. The van der Waals surface area contributed by atoms with Crippen molar-refractivity contribution in [1.29, 1.82) is 0 Å². The Bertz CT molecular complexity index is 284. The summed E-state index contributed by atoms with van der Waals surface area (Å²) in [5.41, 5.74) is 1.90. The van der Waals surface area contributed by atoms with Gasteiger partial charge in [0.2, 0.25) is 5.91 Å². The Balaban J connectivity index is 2.75. The SMILES string of the molecule is CNC(=O)Cc1ncccc1C. The van der Waals surface area contributed by atoms with E-state index < -0.39 is 0 Å². The molecule has 0 radical (unpaired) electrons. The van der Waals surface area contributed by atoms with E-state index in [4.69, 9.17) is 0 Å². The molecule has 0 saturated heterocycles. The number of nitrogens with zero attached hydrogens (tertiary/aromatic N) is 1. The van der Waals surface area contributed by atoms with Crippen LogP contribution < -0.4 is 5.32 Å². The Morgan fingerprint density at radius 2 is 2.42 bits per heavy atom. The van der Waals surface area contributed by atoms with Gasteiger partial charge in [-0.2, -0.15) is 0 Å². The third-order valence-electron chi connectivity index (χ3n) is 1.72. The highest BCUT2D eigenvalue weighted by Crippen LogP contribution is 2.03. The quantitative estimate of drug-likeness (QED) is 0.698. The molecule has 0 aliphatic heterocycles. The van der Waals surface area contributed by atoms with Gasteiger partial charge in [0.15, 0.2) is 0 Å². The average Bonchev–Trinajstić information content (AvgIpc) is 2.09. The number of aryl methyl sites for hydroxylation is 1. The number of likely N-dealkylation sites (N-methyl/N-ethyl adjacent to an activating group) is 1. The van der Waals surface area contributed by atoms with Gasteiger partial charge in [0.25, 0.3) is 0 Å². The summed E-state index contributed by atoms with van der Waals surface area (Å²) in [6, 6.07) is 3.81. The van der Waals surface area contributed by atoms with E-state index in [-0.39, 0.29) is 5.91 Å². The molecular formula is C9H12N2O. The first-order valence-electron chi connectivity index (χ1n) is 3.85. The van der Waals surface area contributed by atoms with Crippen molar-refractivity contribution >= 4 is 5.91 Å². The van der Waals surface area contributed by atoms with E-state index >= 15 is 0 Å². The summed E-state index contributed by atoms with van der Waals surface area (Å²) in [4.78, 5) is 15.1. The molecule has 3 heteroatoms. The lowest BCUT2D eigenvalue weighted by atomic mass is 10.1. The fourth-order valence-electron chi connectivity index (χ4n) is 0.944. The molecule has 0 saturated carbocycles. The first-order chi connectivity index (χ1) is 5.74. The van der Waals surface area contributed by atoms with Crippen molar-refractivity contribution in [2.24, 2.45) is 0 Å². The van der Waals surface area contributed by atoms with Crippen molar-refractivity contribution in [3.05, 3.63) is 29.6 Å². The number of amides is 1. The van der Waals surface area contributed by atoms with Gasteiger partial charge in [-0.25, -0.2) is 0 Å². The highest BCUT2D eigenvalue weighted by Gasteiger charge is 2.03. The standard InChI is InChI=1S/C9H12N2O/c1-7-4-3-5-11-8(7)6-9(12)10-2/h3-5H,6H2,1-2H3,(H,10,12). The van der Waals surface area contributed by atoms with Crippen molar-refractivity contribution in [2.45, 2.75) is 13.3 Å². The molecule has 1 amide bonds. The van der Waals surface area contributed by atoms with Crippen LogP contribution in [0.15, 0.2) is 18.3 Å². The van der Waals surface area contributed by atoms with E-state index in [1.165, 1.54) is 0 Å². The number of aromatic nitrogens is 1. The van der Waals surface area contributed by atoms with Gasteiger partial charge >= 0.3 is 0 Å². The minimum Gasteiger partial charge on any atom is -0.359 e. The Morgan fingerprint density at radius 1 is 1.67 bits per heavy atom. The largest absolute Gasteiger partial charge is 0.359 e. The molecule has 0 spiro atoms. The van der Waals surface area contributed by atoms with Crippen molar-refractivity contribution < 1.29 is 4.79 Å². The molecule has 3 nitrogen and oxygen atoms in total. The minimum absolute atomic E-state index is 0.00296. The van der Waals surface area contributed by atoms with E-state index in [2.05, 4.69) is 10.3 Å². The molecule has 0 atom stereocenters. The monoisotopic (exact) mass is 164 g/mol. The summed E-state index contributed by atoms with van der Waals surface area (Å²) in [5.74, 6) is -0.00296. The molecule has 1 N–H and O–H groups in total. The van der Waals surface area contributed by atoms with Crippen LogP contribution in [0.3, 0.4) is 0 Å². The molecule has 0 aliphatic rings. The summed E-state index contributed by atoms with van der Waals surface area (Å²) >= 11 is 0. The highest BCUT2D eigenvalue weighted by atomic mass is 16.1. The molecule has 1 rings (SSSR count). The van der Waals surface area contributed by atoms with Gasteiger partial charge in [-0.05, 0) is 18.6 Å². The van der Waals surface area contributed by atoms with Crippen LogP contribution in [0, 0.1) is 6.92 Å². The second kappa shape index (κ2) is 3.85. The predicted octanol–water partition coefficient (Wildman–Crippen LogP) is 0.679. The van der Waals surface area contributed by atoms with Crippen LogP contribution in [0.4, 0.5) is 0 Å². The van der Waals surface area contributed by atoms with E-state index in [9.17, 15) is 4.79 Å². The molecule has 1 aromatic heterocycles. The fourth-order valence-corrected chi connectivity index (χ4v) is 0.944. The number of hydrogen-bond donors (Lipinski definition) is 1. The van der Waals surface area contributed by atoms with Crippen LogP contribution in [0.5, 0.6) is 0 Å². The number of carbonyl (C=O) groups excluding carboxylic acids is 1. The van der Waals surface area contributed by atoms with E-state index in [1.807, 2.05) is 19.1 Å². The molecule has 0 unspecified atom stereocenters. The summed E-state index contributed by atoms with van der Waals surface area (Å²) < 4.78 is 0. The summed E-state index contributed by atoms with van der Waals surface area (Å²) in [5, 5.41) is 2.56. The predicted molar refractivity (Wildman–Crippen MR) is 46.7 cm³/mol. The maximum atomic E-state index is 11.0. The first-order valence-corrected chi connectivity index (χ1v) is 3.85. The van der Waals surface area contributed by atoms with E-state index in [1.54, 1.807) is 13.2 Å². The molecule has 0 aliphatic carbocycles. The third kappa shape index (κ3) is 2.05. The maximum Gasteiger partial charge on any atom is 0.225 e. The van der Waals surface area contributed by atoms with Gasteiger partial charge in [-0.15, -0.1) is 0 Å². The molecule has 1 heterocycles. The molecular weight excluding hydrogens is 152 g/mol. The second-order valence-corrected chi connectivity index (χ2v) is 2.62. The van der Waals surface area contributed by atoms with Crippen LogP contribution in [0.25, 0.3) is 0 Å². The molecule has 64 valence electrons. The lowest BCUT2D eigenvalue weighted by Crippen LogP contribution is -2.20. The number of nitrogens with one attached hydrogen (secondary N) is 1. The molecule has 0 bridgehead atoms. The second-order valence-electron chi connectivity index (χ2n) is 2.62. The van der Waals surface area contributed by atoms with Gasteiger partial charge in [0.05, 0.1) is 12.1 Å². The van der Waals surface area contributed by atoms with Crippen LogP contribution in [-0.2, 0) is 11.2 Å². The zero-order valence-corrected chi connectivity index (χ0v) is 7.29. The maximum absolute atomic E-state index is 11.0. The average molecular weight is 164 g/mol. The van der Waals surface area contributed by atoms with Crippen molar-refractivity contribution in [3.8, 4) is 0 Å². The Labute approximate surface area is 71.8 Å². The first kappa shape index (κ1) is 8.71. The van der Waals surface area contributed by atoms with Crippen LogP contribution in [-0.4, -0.2) is 17.9 Å². The Hall–Kier alpha value is -1.38. The van der Waals surface area contributed by atoms with Gasteiger partial charge in [0.1, 0.15) is 0 Å². The lowest BCUT2D eigenvalue weighted by Gasteiger charge is -2.01. The van der Waals surface area contributed by atoms with E-state index in [0.717, 1.165) is 11.3 Å².